The fraction of sp³-hybridized carbons (Fsp3) is 0.618. The molecular formula is C34H49N3O5. The summed E-state index contributed by atoms with van der Waals surface area (Å²) in [4.78, 5) is 49.0. The van der Waals surface area contributed by atoms with E-state index in [1.54, 1.807) is 26.9 Å². The van der Waals surface area contributed by atoms with Gasteiger partial charge in [-0.15, -0.1) is 13.2 Å². The van der Waals surface area contributed by atoms with E-state index in [4.69, 9.17) is 4.74 Å². The van der Waals surface area contributed by atoms with Gasteiger partial charge in [0.2, 0.25) is 17.7 Å². The Hall–Kier alpha value is -2.97. The Balaban J connectivity index is 1.88. The fourth-order valence-corrected chi connectivity index (χ4v) is 7.70. The van der Waals surface area contributed by atoms with Crippen LogP contribution >= 0.6 is 0 Å². The number of hydrogen-bond acceptors (Lipinski definition) is 5. The van der Waals surface area contributed by atoms with Gasteiger partial charge in [0.25, 0.3) is 0 Å². The maximum Gasteiger partial charge on any atom is 0.248 e. The molecule has 1 aromatic carbocycles. The second-order valence-corrected chi connectivity index (χ2v) is 12.6. The van der Waals surface area contributed by atoms with Gasteiger partial charge in [-0.05, 0) is 43.7 Å². The number of unbranched alkanes of at least 4 members (excludes halogenated alkanes) is 1. The van der Waals surface area contributed by atoms with Crippen molar-refractivity contribution in [2.75, 3.05) is 31.1 Å². The third kappa shape index (κ3) is 5.00. The predicted octanol–water partition coefficient (Wildman–Crippen LogP) is 4.44. The minimum absolute atomic E-state index is 0.0612. The van der Waals surface area contributed by atoms with Crippen molar-refractivity contribution >= 4 is 23.4 Å². The van der Waals surface area contributed by atoms with Crippen LogP contribution in [0.1, 0.15) is 60.3 Å². The molecular weight excluding hydrogens is 530 g/mol. The lowest BCUT2D eigenvalue weighted by Gasteiger charge is -2.41. The van der Waals surface area contributed by atoms with Crippen LogP contribution in [-0.2, 0) is 19.1 Å². The minimum atomic E-state index is -1.17. The molecule has 3 amide bonds. The first kappa shape index (κ1) is 32.0. The van der Waals surface area contributed by atoms with E-state index >= 15 is 0 Å². The van der Waals surface area contributed by atoms with Crippen molar-refractivity contribution < 1.29 is 24.2 Å². The number of para-hydroxylation sites is 1. The van der Waals surface area contributed by atoms with Crippen molar-refractivity contribution in [3.63, 3.8) is 0 Å². The Kier molecular flexibility index (Phi) is 9.68. The van der Waals surface area contributed by atoms with Crippen molar-refractivity contribution in [1.29, 1.82) is 0 Å². The van der Waals surface area contributed by atoms with Gasteiger partial charge in [-0.1, -0.05) is 70.9 Å². The zero-order valence-electron chi connectivity index (χ0n) is 26.0. The molecule has 1 spiro atoms. The summed E-state index contributed by atoms with van der Waals surface area (Å²) < 4.78 is 6.97. The molecule has 3 heterocycles. The zero-order chi connectivity index (χ0) is 30.8. The second-order valence-electron chi connectivity index (χ2n) is 12.6. The first-order valence-corrected chi connectivity index (χ1v) is 15.6. The van der Waals surface area contributed by atoms with E-state index in [0.717, 1.165) is 24.9 Å². The minimum Gasteiger partial charge on any atom is -0.394 e. The summed E-state index contributed by atoms with van der Waals surface area (Å²) in [6, 6.07) is 7.88. The summed E-state index contributed by atoms with van der Waals surface area (Å²) in [5.41, 5.74) is -1.39. The number of aliphatic hydroxyl groups is 1. The van der Waals surface area contributed by atoms with Gasteiger partial charge < -0.3 is 24.5 Å². The molecule has 2 bridgehead atoms. The third-order valence-electron chi connectivity index (χ3n) is 10.2. The SMILES string of the molecule is C=CCN(CCCC)C(=O)C1N([C@@H](CO)[C@@H](C)CC)C(=O)[C@@H]2[C@@H](C(=O)N(CC=C)c3ccccc3)[C@]3(C)OC12CC3C. The first-order valence-electron chi connectivity index (χ1n) is 15.6. The Morgan fingerprint density at radius 1 is 1.17 bits per heavy atom. The lowest BCUT2D eigenvalue weighted by molar-refractivity contribution is -0.156. The number of rotatable bonds is 14. The number of aliphatic hydroxyl groups excluding tert-OH is 1. The summed E-state index contributed by atoms with van der Waals surface area (Å²) in [7, 11) is 0. The molecule has 3 aliphatic heterocycles. The van der Waals surface area contributed by atoms with Gasteiger partial charge in [-0.2, -0.15) is 0 Å². The number of carbonyl (C=O) groups is 3. The van der Waals surface area contributed by atoms with Gasteiger partial charge in [0.15, 0.2) is 0 Å². The number of benzene rings is 1. The molecule has 0 radical (unpaired) electrons. The van der Waals surface area contributed by atoms with Gasteiger partial charge in [-0.25, -0.2) is 0 Å². The number of likely N-dealkylation sites (tertiary alicyclic amines) is 1. The molecule has 3 unspecified atom stereocenters. The molecule has 3 fully saturated rings. The smallest absolute Gasteiger partial charge is 0.248 e. The molecule has 1 aromatic rings. The maximum absolute atomic E-state index is 14.7. The molecule has 0 aliphatic carbocycles. The Bertz CT molecular complexity index is 1170. The summed E-state index contributed by atoms with van der Waals surface area (Å²) in [6.07, 6.45) is 6.32. The molecule has 3 saturated heterocycles. The average Bonchev–Trinajstić information content (AvgIpc) is 3.50. The molecule has 230 valence electrons. The zero-order valence-corrected chi connectivity index (χ0v) is 26.0. The highest BCUT2D eigenvalue weighted by molar-refractivity contribution is 6.03. The number of ether oxygens (including phenoxy) is 1. The van der Waals surface area contributed by atoms with Crippen LogP contribution in [0.4, 0.5) is 5.69 Å². The number of carbonyl (C=O) groups excluding carboxylic acids is 3. The van der Waals surface area contributed by atoms with Crippen molar-refractivity contribution in [3.05, 3.63) is 55.6 Å². The standard InChI is InChI=1S/C34H49N3O5/c1-8-12-20-35(18-9-2)32(41)29-34-21-24(6)33(7,42-34)27(28(34)31(40)37(29)26(22-38)23(5)11-4)30(39)36(19-10-3)25-16-14-13-15-17-25/h9-10,13-17,23-24,26-29,38H,2-3,8,11-12,18-22H2,1,4-7H3/t23-,24?,26-,27-,28-,29?,33+,34?/m0/s1. The molecule has 42 heavy (non-hydrogen) atoms. The summed E-state index contributed by atoms with van der Waals surface area (Å²) in [5, 5.41) is 10.6. The summed E-state index contributed by atoms with van der Waals surface area (Å²) >= 11 is 0. The van der Waals surface area contributed by atoms with Gasteiger partial charge in [0.05, 0.1) is 30.1 Å². The monoisotopic (exact) mass is 579 g/mol. The van der Waals surface area contributed by atoms with E-state index in [9.17, 15) is 19.5 Å². The molecule has 8 heteroatoms. The quantitative estimate of drug-likeness (QED) is 0.329. The van der Waals surface area contributed by atoms with E-state index in [-0.39, 0.29) is 42.7 Å². The first-order chi connectivity index (χ1) is 20.1. The molecule has 8 nitrogen and oxygen atoms in total. The highest BCUT2D eigenvalue weighted by Crippen LogP contribution is 2.66. The van der Waals surface area contributed by atoms with Crippen LogP contribution in [0.15, 0.2) is 55.6 Å². The molecule has 8 atom stereocenters. The van der Waals surface area contributed by atoms with Crippen LogP contribution in [0.5, 0.6) is 0 Å². The van der Waals surface area contributed by atoms with Crippen LogP contribution < -0.4 is 4.90 Å². The topological polar surface area (TPSA) is 90.4 Å². The number of nitrogens with zero attached hydrogens (tertiary/aromatic N) is 3. The Morgan fingerprint density at radius 3 is 2.40 bits per heavy atom. The van der Waals surface area contributed by atoms with E-state index in [0.29, 0.717) is 19.5 Å². The summed E-state index contributed by atoms with van der Waals surface area (Å²) in [6.45, 7) is 18.7. The number of amides is 3. The number of anilines is 1. The Morgan fingerprint density at radius 2 is 1.83 bits per heavy atom. The lowest BCUT2D eigenvalue weighted by atomic mass is 9.62. The predicted molar refractivity (Wildman–Crippen MR) is 165 cm³/mol. The van der Waals surface area contributed by atoms with Gasteiger partial charge >= 0.3 is 0 Å². The molecule has 0 saturated carbocycles. The maximum atomic E-state index is 14.7. The summed E-state index contributed by atoms with van der Waals surface area (Å²) in [5.74, 6) is -2.46. The van der Waals surface area contributed by atoms with Crippen molar-refractivity contribution in [1.82, 2.24) is 9.80 Å². The van der Waals surface area contributed by atoms with Crippen LogP contribution in [-0.4, -0.2) is 82.2 Å². The van der Waals surface area contributed by atoms with Crippen molar-refractivity contribution in [2.24, 2.45) is 23.7 Å². The van der Waals surface area contributed by atoms with Crippen molar-refractivity contribution in [2.45, 2.75) is 83.6 Å². The van der Waals surface area contributed by atoms with E-state index in [1.807, 2.05) is 51.1 Å². The van der Waals surface area contributed by atoms with E-state index in [1.165, 1.54) is 0 Å². The van der Waals surface area contributed by atoms with Crippen LogP contribution in [0.2, 0.25) is 0 Å². The molecule has 3 aliphatic rings. The molecule has 0 aromatic heterocycles. The lowest BCUT2D eigenvalue weighted by Crippen LogP contribution is -2.60. The van der Waals surface area contributed by atoms with Crippen LogP contribution in [0.25, 0.3) is 0 Å². The van der Waals surface area contributed by atoms with Gasteiger partial charge in [0.1, 0.15) is 11.6 Å². The third-order valence-corrected chi connectivity index (χ3v) is 10.2. The Labute approximate surface area is 251 Å². The largest absolute Gasteiger partial charge is 0.394 e. The molecule has 1 N–H and O–H groups in total. The highest BCUT2D eigenvalue weighted by Gasteiger charge is 2.80. The highest BCUT2D eigenvalue weighted by atomic mass is 16.5. The van der Waals surface area contributed by atoms with Gasteiger partial charge in [0, 0.05) is 25.3 Å². The van der Waals surface area contributed by atoms with Gasteiger partial charge in [-0.3, -0.25) is 14.4 Å². The average molecular weight is 580 g/mol. The van der Waals surface area contributed by atoms with E-state index in [2.05, 4.69) is 27.0 Å². The van der Waals surface area contributed by atoms with E-state index < -0.39 is 35.1 Å². The fourth-order valence-electron chi connectivity index (χ4n) is 7.70. The molecule has 4 rings (SSSR count). The van der Waals surface area contributed by atoms with Crippen molar-refractivity contribution in [3.8, 4) is 0 Å². The number of hydrogen-bond donors (Lipinski definition) is 1. The van der Waals surface area contributed by atoms with Crippen LogP contribution in [0, 0.1) is 23.7 Å². The normalized spacial score (nSPS) is 31.0. The van der Waals surface area contributed by atoms with Crippen LogP contribution in [0.3, 0.4) is 0 Å². The second kappa shape index (κ2) is 12.7. The number of fused-ring (bicyclic) bond motifs is 1.